The van der Waals surface area contributed by atoms with Crippen LogP contribution in [0.15, 0.2) is 0 Å². The summed E-state index contributed by atoms with van der Waals surface area (Å²) in [6.07, 6.45) is 5.69. The van der Waals surface area contributed by atoms with Crippen molar-refractivity contribution in [2.75, 3.05) is 26.2 Å². The number of likely N-dealkylation sites (tertiary alicyclic amines) is 1. The van der Waals surface area contributed by atoms with E-state index in [4.69, 9.17) is 0 Å². The zero-order chi connectivity index (χ0) is 10.7. The fourth-order valence-corrected chi connectivity index (χ4v) is 3.21. The van der Waals surface area contributed by atoms with Gasteiger partial charge in [0.25, 0.3) is 0 Å². The molecule has 15 heavy (non-hydrogen) atoms. The lowest BCUT2D eigenvalue weighted by Gasteiger charge is -2.29. The second kappa shape index (κ2) is 5.31. The van der Waals surface area contributed by atoms with Gasteiger partial charge in [0.05, 0.1) is 0 Å². The van der Waals surface area contributed by atoms with E-state index in [1.54, 1.807) is 0 Å². The van der Waals surface area contributed by atoms with Gasteiger partial charge < -0.3 is 5.32 Å². The molecule has 2 nitrogen and oxygen atoms in total. The molecule has 0 aliphatic carbocycles. The highest BCUT2D eigenvalue weighted by Gasteiger charge is 2.29. The monoisotopic (exact) mass is 210 g/mol. The zero-order valence-corrected chi connectivity index (χ0v) is 10.3. The van der Waals surface area contributed by atoms with Crippen molar-refractivity contribution in [2.45, 2.75) is 45.6 Å². The lowest BCUT2D eigenvalue weighted by atomic mass is 9.98. The number of rotatable bonds is 2. The molecule has 0 bridgehead atoms. The Balaban J connectivity index is 1.87. The first-order valence-electron chi connectivity index (χ1n) is 6.76. The summed E-state index contributed by atoms with van der Waals surface area (Å²) in [7, 11) is 0. The number of hydrogen-bond acceptors (Lipinski definition) is 2. The van der Waals surface area contributed by atoms with Gasteiger partial charge in [0.15, 0.2) is 0 Å². The minimum Gasteiger partial charge on any atom is -0.315 e. The molecule has 2 saturated heterocycles. The fourth-order valence-electron chi connectivity index (χ4n) is 3.21. The highest BCUT2D eigenvalue weighted by Crippen LogP contribution is 2.24. The first kappa shape index (κ1) is 11.4. The maximum atomic E-state index is 3.52. The van der Waals surface area contributed by atoms with Crippen LogP contribution in [0.1, 0.15) is 39.5 Å². The third kappa shape index (κ3) is 2.73. The van der Waals surface area contributed by atoms with E-state index in [1.807, 2.05) is 0 Å². The molecule has 0 spiro atoms. The van der Waals surface area contributed by atoms with Crippen LogP contribution in [-0.2, 0) is 0 Å². The quantitative estimate of drug-likeness (QED) is 0.751. The molecule has 2 aliphatic heterocycles. The van der Waals surface area contributed by atoms with E-state index < -0.39 is 0 Å². The molecule has 88 valence electrons. The summed E-state index contributed by atoms with van der Waals surface area (Å²) in [6, 6.07) is 0.820. The summed E-state index contributed by atoms with van der Waals surface area (Å²) < 4.78 is 0. The molecule has 0 aromatic carbocycles. The summed E-state index contributed by atoms with van der Waals surface area (Å²) in [5.41, 5.74) is 0. The molecular formula is C13H26N2. The van der Waals surface area contributed by atoms with Crippen molar-refractivity contribution < 1.29 is 0 Å². The van der Waals surface area contributed by atoms with Gasteiger partial charge in [0.2, 0.25) is 0 Å². The molecule has 3 unspecified atom stereocenters. The summed E-state index contributed by atoms with van der Waals surface area (Å²) in [5.74, 6) is 1.85. The molecule has 2 fully saturated rings. The molecule has 0 radical (unpaired) electrons. The molecule has 0 saturated carbocycles. The van der Waals surface area contributed by atoms with Crippen LogP contribution in [0.25, 0.3) is 0 Å². The van der Waals surface area contributed by atoms with Crippen LogP contribution < -0.4 is 5.32 Å². The zero-order valence-electron chi connectivity index (χ0n) is 10.3. The first-order chi connectivity index (χ1) is 7.31. The number of hydrogen-bond donors (Lipinski definition) is 1. The van der Waals surface area contributed by atoms with Crippen LogP contribution in [0.5, 0.6) is 0 Å². The van der Waals surface area contributed by atoms with Crippen LogP contribution in [0.2, 0.25) is 0 Å². The van der Waals surface area contributed by atoms with Crippen LogP contribution in [0.4, 0.5) is 0 Å². The predicted octanol–water partition coefficient (Wildman–Crippen LogP) is 2.11. The van der Waals surface area contributed by atoms with Crippen LogP contribution in [0.3, 0.4) is 0 Å². The van der Waals surface area contributed by atoms with E-state index in [9.17, 15) is 0 Å². The van der Waals surface area contributed by atoms with E-state index in [1.165, 1.54) is 51.9 Å². The molecule has 0 amide bonds. The second-order valence-electron chi connectivity index (χ2n) is 5.44. The lowest BCUT2D eigenvalue weighted by molar-refractivity contribution is 0.182. The Labute approximate surface area is 94.4 Å². The van der Waals surface area contributed by atoms with Crippen molar-refractivity contribution in [1.29, 1.82) is 0 Å². The Morgan fingerprint density at radius 1 is 1.20 bits per heavy atom. The molecule has 2 rings (SSSR count). The largest absolute Gasteiger partial charge is 0.315 e. The van der Waals surface area contributed by atoms with Gasteiger partial charge in [-0.15, -0.1) is 0 Å². The van der Waals surface area contributed by atoms with Crippen molar-refractivity contribution in [2.24, 2.45) is 11.8 Å². The Morgan fingerprint density at radius 2 is 2.07 bits per heavy atom. The highest BCUT2D eigenvalue weighted by molar-refractivity contribution is 4.87. The molecule has 0 aromatic heterocycles. The van der Waals surface area contributed by atoms with Crippen molar-refractivity contribution >= 4 is 0 Å². The molecule has 2 heterocycles. The second-order valence-corrected chi connectivity index (χ2v) is 5.44. The van der Waals surface area contributed by atoms with Gasteiger partial charge in [0, 0.05) is 12.6 Å². The van der Waals surface area contributed by atoms with E-state index in [0.717, 1.165) is 17.9 Å². The minimum atomic E-state index is 0.820. The highest BCUT2D eigenvalue weighted by atomic mass is 15.2. The standard InChI is InChI=1S/C13H26N2/c1-3-12-5-4-7-15(8-6-12)13-10-14-9-11(13)2/h11-14H,3-10H2,1-2H3. The van der Waals surface area contributed by atoms with Crippen molar-refractivity contribution in [3.63, 3.8) is 0 Å². The summed E-state index contributed by atoms with van der Waals surface area (Å²) in [4.78, 5) is 2.75. The molecular weight excluding hydrogens is 184 g/mol. The van der Waals surface area contributed by atoms with Crippen LogP contribution >= 0.6 is 0 Å². The van der Waals surface area contributed by atoms with E-state index in [0.29, 0.717) is 0 Å². The third-order valence-corrected chi connectivity index (χ3v) is 4.41. The van der Waals surface area contributed by atoms with E-state index in [2.05, 4.69) is 24.1 Å². The smallest absolute Gasteiger partial charge is 0.0258 e. The Kier molecular flexibility index (Phi) is 4.04. The van der Waals surface area contributed by atoms with Crippen molar-refractivity contribution in [3.05, 3.63) is 0 Å². The van der Waals surface area contributed by atoms with Crippen molar-refractivity contribution in [3.8, 4) is 0 Å². The summed E-state index contributed by atoms with van der Waals surface area (Å²) in [6.45, 7) is 9.87. The minimum absolute atomic E-state index is 0.820. The summed E-state index contributed by atoms with van der Waals surface area (Å²) >= 11 is 0. The molecule has 2 heteroatoms. The number of nitrogens with one attached hydrogen (secondary N) is 1. The van der Waals surface area contributed by atoms with Crippen LogP contribution in [0, 0.1) is 11.8 Å². The average Bonchev–Trinajstić information content (AvgIpc) is 2.54. The summed E-state index contributed by atoms with van der Waals surface area (Å²) in [5, 5.41) is 3.52. The maximum Gasteiger partial charge on any atom is 0.0258 e. The van der Waals surface area contributed by atoms with Crippen LogP contribution in [-0.4, -0.2) is 37.1 Å². The van der Waals surface area contributed by atoms with E-state index in [-0.39, 0.29) is 0 Å². The van der Waals surface area contributed by atoms with Crippen molar-refractivity contribution in [1.82, 2.24) is 10.2 Å². The maximum absolute atomic E-state index is 3.52. The SMILES string of the molecule is CCC1CCCN(C2CNCC2C)CC1. The Bertz CT molecular complexity index is 193. The average molecular weight is 210 g/mol. The first-order valence-corrected chi connectivity index (χ1v) is 6.76. The van der Waals surface area contributed by atoms with Gasteiger partial charge in [-0.05, 0) is 50.7 Å². The van der Waals surface area contributed by atoms with Gasteiger partial charge in [-0.3, -0.25) is 4.90 Å². The Morgan fingerprint density at radius 3 is 2.73 bits per heavy atom. The molecule has 1 N–H and O–H groups in total. The van der Waals surface area contributed by atoms with Gasteiger partial charge in [-0.1, -0.05) is 20.3 Å². The van der Waals surface area contributed by atoms with Gasteiger partial charge in [0.1, 0.15) is 0 Å². The molecule has 0 aromatic rings. The fraction of sp³-hybridized carbons (Fsp3) is 1.00. The number of nitrogens with zero attached hydrogens (tertiary/aromatic N) is 1. The molecule has 2 aliphatic rings. The predicted molar refractivity (Wildman–Crippen MR) is 65.0 cm³/mol. The Hall–Kier alpha value is -0.0800. The van der Waals surface area contributed by atoms with Gasteiger partial charge in [-0.25, -0.2) is 0 Å². The topological polar surface area (TPSA) is 15.3 Å². The van der Waals surface area contributed by atoms with E-state index >= 15 is 0 Å². The van der Waals surface area contributed by atoms with Gasteiger partial charge >= 0.3 is 0 Å². The third-order valence-electron chi connectivity index (χ3n) is 4.41. The van der Waals surface area contributed by atoms with Gasteiger partial charge in [-0.2, -0.15) is 0 Å². The molecule has 3 atom stereocenters. The normalized spacial score (nSPS) is 39.2. The lowest BCUT2D eigenvalue weighted by Crippen LogP contribution is -2.40.